The molecule has 1 aliphatic rings. The SMILES string of the molecule is COC1(CC(=O)Nc2cccc(N)c2)CCC1. The Bertz CT molecular complexity index is 408. The van der Waals surface area contributed by atoms with Crippen molar-refractivity contribution in [2.24, 2.45) is 0 Å². The lowest BCUT2D eigenvalue weighted by atomic mass is 9.77. The number of methoxy groups -OCH3 is 1. The maximum Gasteiger partial charge on any atom is 0.227 e. The number of nitrogen functional groups attached to an aromatic ring is 1. The third-order valence-corrected chi connectivity index (χ3v) is 3.35. The largest absolute Gasteiger partial charge is 0.399 e. The summed E-state index contributed by atoms with van der Waals surface area (Å²) in [5, 5.41) is 2.84. The van der Waals surface area contributed by atoms with Crippen LogP contribution < -0.4 is 11.1 Å². The molecule has 92 valence electrons. The van der Waals surface area contributed by atoms with Gasteiger partial charge in [-0.15, -0.1) is 0 Å². The van der Waals surface area contributed by atoms with Crippen molar-refractivity contribution in [1.82, 2.24) is 0 Å². The third kappa shape index (κ3) is 2.77. The predicted molar refractivity (Wildman–Crippen MR) is 67.7 cm³/mol. The summed E-state index contributed by atoms with van der Waals surface area (Å²) < 4.78 is 5.42. The summed E-state index contributed by atoms with van der Waals surface area (Å²) in [5.41, 5.74) is 6.80. The molecule has 1 amide bonds. The van der Waals surface area contributed by atoms with Crippen LogP contribution in [-0.2, 0) is 9.53 Å². The molecule has 1 aromatic rings. The van der Waals surface area contributed by atoms with E-state index in [1.807, 2.05) is 12.1 Å². The Morgan fingerprint density at radius 2 is 2.29 bits per heavy atom. The fraction of sp³-hybridized carbons (Fsp3) is 0.462. The van der Waals surface area contributed by atoms with Gasteiger partial charge in [-0.3, -0.25) is 4.79 Å². The van der Waals surface area contributed by atoms with Gasteiger partial charge in [0.1, 0.15) is 0 Å². The fourth-order valence-corrected chi connectivity index (χ4v) is 2.14. The van der Waals surface area contributed by atoms with Crippen molar-refractivity contribution in [3.05, 3.63) is 24.3 Å². The molecule has 0 atom stereocenters. The molecule has 0 heterocycles. The molecule has 1 saturated carbocycles. The van der Waals surface area contributed by atoms with Crippen molar-refractivity contribution < 1.29 is 9.53 Å². The van der Waals surface area contributed by atoms with E-state index in [-0.39, 0.29) is 11.5 Å². The second kappa shape index (κ2) is 4.75. The topological polar surface area (TPSA) is 64.3 Å². The summed E-state index contributed by atoms with van der Waals surface area (Å²) in [6.07, 6.45) is 3.49. The van der Waals surface area contributed by atoms with E-state index in [1.165, 1.54) is 0 Å². The Morgan fingerprint density at radius 3 is 2.82 bits per heavy atom. The van der Waals surface area contributed by atoms with Gasteiger partial charge in [0.15, 0.2) is 0 Å². The Morgan fingerprint density at radius 1 is 1.53 bits per heavy atom. The van der Waals surface area contributed by atoms with Crippen LogP contribution in [0.15, 0.2) is 24.3 Å². The van der Waals surface area contributed by atoms with E-state index >= 15 is 0 Å². The van der Waals surface area contributed by atoms with Crippen molar-refractivity contribution in [2.45, 2.75) is 31.3 Å². The summed E-state index contributed by atoms with van der Waals surface area (Å²) in [7, 11) is 1.67. The first kappa shape index (κ1) is 11.9. The minimum Gasteiger partial charge on any atom is -0.399 e. The molecular formula is C13H18N2O2. The normalized spacial score (nSPS) is 17.2. The van der Waals surface area contributed by atoms with Gasteiger partial charge < -0.3 is 15.8 Å². The van der Waals surface area contributed by atoms with Crippen LogP contribution in [-0.4, -0.2) is 18.6 Å². The van der Waals surface area contributed by atoms with Crippen molar-refractivity contribution in [1.29, 1.82) is 0 Å². The standard InChI is InChI=1S/C13H18N2O2/c1-17-13(6-3-7-13)9-12(16)15-11-5-2-4-10(14)8-11/h2,4-5,8H,3,6-7,9,14H2,1H3,(H,15,16). The number of carbonyl (C=O) groups is 1. The van der Waals surface area contributed by atoms with Crippen molar-refractivity contribution >= 4 is 17.3 Å². The second-order valence-corrected chi connectivity index (χ2v) is 4.59. The van der Waals surface area contributed by atoms with Gasteiger partial charge >= 0.3 is 0 Å². The molecule has 3 N–H and O–H groups in total. The predicted octanol–water partition coefficient (Wildman–Crippen LogP) is 2.17. The first-order chi connectivity index (χ1) is 8.13. The maximum atomic E-state index is 11.9. The molecule has 4 heteroatoms. The highest BCUT2D eigenvalue weighted by atomic mass is 16.5. The fourth-order valence-electron chi connectivity index (χ4n) is 2.14. The maximum absolute atomic E-state index is 11.9. The van der Waals surface area contributed by atoms with Crippen molar-refractivity contribution in [2.75, 3.05) is 18.2 Å². The number of amides is 1. The molecular weight excluding hydrogens is 216 g/mol. The molecule has 0 aromatic heterocycles. The molecule has 17 heavy (non-hydrogen) atoms. The van der Waals surface area contributed by atoms with Crippen LogP contribution in [0.5, 0.6) is 0 Å². The Labute approximate surface area is 101 Å². The summed E-state index contributed by atoms with van der Waals surface area (Å²) in [5.74, 6) is -0.0165. The first-order valence-electron chi connectivity index (χ1n) is 5.84. The van der Waals surface area contributed by atoms with Gasteiger partial charge in [-0.1, -0.05) is 6.07 Å². The number of hydrogen-bond donors (Lipinski definition) is 2. The van der Waals surface area contributed by atoms with E-state index in [9.17, 15) is 4.79 Å². The Balaban J connectivity index is 1.93. The summed E-state index contributed by atoms with van der Waals surface area (Å²) in [6.45, 7) is 0. The first-order valence-corrected chi connectivity index (χ1v) is 5.84. The number of nitrogens with two attached hydrogens (primary N) is 1. The monoisotopic (exact) mass is 234 g/mol. The highest BCUT2D eigenvalue weighted by Gasteiger charge is 2.38. The Kier molecular flexibility index (Phi) is 3.33. The molecule has 1 aliphatic carbocycles. The molecule has 0 spiro atoms. The summed E-state index contributed by atoms with van der Waals surface area (Å²) in [6, 6.07) is 7.19. The molecule has 0 aliphatic heterocycles. The minimum absolute atomic E-state index is 0.0165. The van der Waals surface area contributed by atoms with Crippen LogP contribution in [0.3, 0.4) is 0 Å². The van der Waals surface area contributed by atoms with E-state index in [4.69, 9.17) is 10.5 Å². The van der Waals surface area contributed by atoms with Gasteiger partial charge in [0, 0.05) is 18.5 Å². The van der Waals surface area contributed by atoms with Crippen LogP contribution in [0.2, 0.25) is 0 Å². The highest BCUT2D eigenvalue weighted by molar-refractivity contribution is 5.91. The molecule has 1 aromatic carbocycles. The van der Waals surface area contributed by atoms with Crippen LogP contribution >= 0.6 is 0 Å². The highest BCUT2D eigenvalue weighted by Crippen LogP contribution is 2.38. The molecule has 4 nitrogen and oxygen atoms in total. The van der Waals surface area contributed by atoms with E-state index in [0.29, 0.717) is 12.1 Å². The molecule has 0 radical (unpaired) electrons. The molecule has 0 unspecified atom stereocenters. The van der Waals surface area contributed by atoms with Crippen molar-refractivity contribution in [3.8, 4) is 0 Å². The zero-order valence-corrected chi connectivity index (χ0v) is 10.0. The minimum atomic E-state index is -0.232. The van der Waals surface area contributed by atoms with Gasteiger partial charge in [0.05, 0.1) is 12.0 Å². The smallest absolute Gasteiger partial charge is 0.227 e. The van der Waals surface area contributed by atoms with Crippen LogP contribution in [0, 0.1) is 0 Å². The molecule has 2 rings (SSSR count). The lowest BCUT2D eigenvalue weighted by Crippen LogP contribution is -2.42. The van der Waals surface area contributed by atoms with Gasteiger partial charge in [-0.25, -0.2) is 0 Å². The Hall–Kier alpha value is -1.55. The van der Waals surface area contributed by atoms with Crippen LogP contribution in [0.25, 0.3) is 0 Å². The second-order valence-electron chi connectivity index (χ2n) is 4.59. The van der Waals surface area contributed by atoms with E-state index in [2.05, 4.69) is 5.32 Å². The number of anilines is 2. The zero-order chi connectivity index (χ0) is 12.3. The molecule has 0 bridgehead atoms. The van der Waals surface area contributed by atoms with E-state index in [0.717, 1.165) is 24.9 Å². The third-order valence-electron chi connectivity index (χ3n) is 3.35. The van der Waals surface area contributed by atoms with Crippen molar-refractivity contribution in [3.63, 3.8) is 0 Å². The van der Waals surface area contributed by atoms with Crippen LogP contribution in [0.1, 0.15) is 25.7 Å². The van der Waals surface area contributed by atoms with E-state index in [1.54, 1.807) is 19.2 Å². The molecule has 1 fully saturated rings. The average molecular weight is 234 g/mol. The number of benzene rings is 1. The van der Waals surface area contributed by atoms with Gasteiger partial charge in [0.2, 0.25) is 5.91 Å². The van der Waals surface area contributed by atoms with E-state index < -0.39 is 0 Å². The van der Waals surface area contributed by atoms with Gasteiger partial charge in [0.25, 0.3) is 0 Å². The lowest BCUT2D eigenvalue weighted by Gasteiger charge is -2.39. The lowest BCUT2D eigenvalue weighted by molar-refractivity contribution is -0.129. The summed E-state index contributed by atoms with van der Waals surface area (Å²) >= 11 is 0. The number of ether oxygens (including phenoxy) is 1. The number of carbonyl (C=O) groups excluding carboxylic acids is 1. The number of nitrogens with one attached hydrogen (secondary N) is 1. The quantitative estimate of drug-likeness (QED) is 0.785. The zero-order valence-electron chi connectivity index (χ0n) is 10.0. The summed E-state index contributed by atoms with van der Waals surface area (Å²) in [4.78, 5) is 11.9. The van der Waals surface area contributed by atoms with Gasteiger partial charge in [-0.05, 0) is 37.5 Å². The van der Waals surface area contributed by atoms with Gasteiger partial charge in [-0.2, -0.15) is 0 Å². The molecule has 0 saturated heterocycles. The number of rotatable bonds is 4. The van der Waals surface area contributed by atoms with Crippen LogP contribution in [0.4, 0.5) is 11.4 Å². The average Bonchev–Trinajstić information content (AvgIpc) is 2.23. The number of hydrogen-bond acceptors (Lipinski definition) is 3.